The highest BCUT2D eigenvalue weighted by molar-refractivity contribution is 5.45. The van der Waals surface area contributed by atoms with Crippen LogP contribution in [0.15, 0.2) is 18.6 Å². The van der Waals surface area contributed by atoms with E-state index in [1.807, 2.05) is 30.0 Å². The summed E-state index contributed by atoms with van der Waals surface area (Å²) < 4.78 is 1.83. The predicted molar refractivity (Wildman–Crippen MR) is 47.1 cm³/mol. The Labute approximate surface area is 71.1 Å². The van der Waals surface area contributed by atoms with Gasteiger partial charge in [0, 0.05) is 18.0 Å². The van der Waals surface area contributed by atoms with E-state index in [1.54, 1.807) is 0 Å². The predicted octanol–water partition coefficient (Wildman–Crippen LogP) is 1.60. The fraction of sp³-hybridized carbons (Fsp3) is 0.333. The molecule has 3 nitrogen and oxygen atoms in total. The lowest BCUT2D eigenvalue weighted by Crippen LogP contribution is -1.91. The molecule has 0 saturated heterocycles. The standard InChI is InChI=1S/C9H11N3/c1-3-8-5-11-12-6-7(2)4-10-9(8)12/h4-6H,3H2,1-2H3. The zero-order valence-corrected chi connectivity index (χ0v) is 7.28. The number of hydrogen-bond donors (Lipinski definition) is 0. The molecular formula is C9H11N3. The summed E-state index contributed by atoms with van der Waals surface area (Å²) in [6.07, 6.45) is 6.72. The lowest BCUT2D eigenvalue weighted by atomic mass is 10.3. The molecule has 0 fully saturated rings. The second kappa shape index (κ2) is 2.59. The van der Waals surface area contributed by atoms with Gasteiger partial charge in [-0.05, 0) is 18.9 Å². The Morgan fingerprint density at radius 2 is 2.25 bits per heavy atom. The van der Waals surface area contributed by atoms with Gasteiger partial charge in [0.15, 0.2) is 5.65 Å². The molecule has 0 saturated carbocycles. The molecule has 2 rings (SSSR count). The fourth-order valence-corrected chi connectivity index (χ4v) is 1.27. The molecule has 3 heteroatoms. The smallest absolute Gasteiger partial charge is 0.158 e. The number of nitrogens with zero attached hydrogens (tertiary/aromatic N) is 3. The highest BCUT2D eigenvalue weighted by Crippen LogP contribution is 2.08. The van der Waals surface area contributed by atoms with Gasteiger partial charge in [-0.3, -0.25) is 0 Å². The minimum absolute atomic E-state index is 0.975. The van der Waals surface area contributed by atoms with Gasteiger partial charge in [-0.1, -0.05) is 6.92 Å². The zero-order valence-electron chi connectivity index (χ0n) is 7.28. The second-order valence-corrected chi connectivity index (χ2v) is 2.92. The Kier molecular flexibility index (Phi) is 1.57. The average Bonchev–Trinajstić information content (AvgIpc) is 2.46. The van der Waals surface area contributed by atoms with E-state index in [-0.39, 0.29) is 0 Å². The summed E-state index contributed by atoms with van der Waals surface area (Å²) in [6, 6.07) is 0. The zero-order chi connectivity index (χ0) is 8.55. The molecule has 2 aromatic rings. The van der Waals surface area contributed by atoms with E-state index in [9.17, 15) is 0 Å². The topological polar surface area (TPSA) is 30.2 Å². The van der Waals surface area contributed by atoms with Crippen LogP contribution < -0.4 is 0 Å². The molecule has 0 unspecified atom stereocenters. The van der Waals surface area contributed by atoms with Crippen molar-refractivity contribution in [2.24, 2.45) is 0 Å². The lowest BCUT2D eigenvalue weighted by molar-refractivity contribution is 0.927. The molecule has 62 valence electrons. The first kappa shape index (κ1) is 7.28. The summed E-state index contributed by atoms with van der Waals surface area (Å²) in [5, 5.41) is 4.20. The van der Waals surface area contributed by atoms with Crippen molar-refractivity contribution in [3.8, 4) is 0 Å². The van der Waals surface area contributed by atoms with Gasteiger partial charge in [0.05, 0.1) is 6.20 Å². The van der Waals surface area contributed by atoms with Gasteiger partial charge >= 0.3 is 0 Å². The van der Waals surface area contributed by atoms with Crippen LogP contribution in [0.5, 0.6) is 0 Å². The second-order valence-electron chi connectivity index (χ2n) is 2.92. The Bertz CT molecular complexity index is 403. The Hall–Kier alpha value is -1.38. The number of aryl methyl sites for hydroxylation is 2. The normalized spacial score (nSPS) is 10.8. The van der Waals surface area contributed by atoms with Gasteiger partial charge in [-0.2, -0.15) is 5.10 Å². The fourth-order valence-electron chi connectivity index (χ4n) is 1.27. The molecule has 0 spiro atoms. The van der Waals surface area contributed by atoms with Crippen LogP contribution in [0.2, 0.25) is 0 Å². The van der Waals surface area contributed by atoms with Gasteiger partial charge in [0.25, 0.3) is 0 Å². The van der Waals surface area contributed by atoms with E-state index >= 15 is 0 Å². The van der Waals surface area contributed by atoms with Crippen molar-refractivity contribution >= 4 is 5.65 Å². The number of hydrogen-bond acceptors (Lipinski definition) is 2. The van der Waals surface area contributed by atoms with E-state index in [1.165, 1.54) is 5.56 Å². The summed E-state index contributed by atoms with van der Waals surface area (Å²) in [5.74, 6) is 0. The molecule has 0 atom stereocenters. The van der Waals surface area contributed by atoms with Crippen LogP contribution in [0.25, 0.3) is 5.65 Å². The van der Waals surface area contributed by atoms with Crippen molar-refractivity contribution in [2.75, 3.05) is 0 Å². The number of fused-ring (bicyclic) bond motifs is 1. The molecule has 12 heavy (non-hydrogen) atoms. The van der Waals surface area contributed by atoms with Crippen LogP contribution in [0.3, 0.4) is 0 Å². The Balaban J connectivity index is 2.73. The maximum absolute atomic E-state index is 4.31. The van der Waals surface area contributed by atoms with E-state index < -0.39 is 0 Å². The highest BCUT2D eigenvalue weighted by Gasteiger charge is 2.01. The number of rotatable bonds is 1. The summed E-state index contributed by atoms with van der Waals surface area (Å²) >= 11 is 0. The lowest BCUT2D eigenvalue weighted by Gasteiger charge is -1.95. The van der Waals surface area contributed by atoms with E-state index in [0.717, 1.165) is 17.6 Å². The molecule has 0 aliphatic carbocycles. The molecular weight excluding hydrogens is 150 g/mol. The first-order valence-electron chi connectivity index (χ1n) is 4.10. The van der Waals surface area contributed by atoms with Gasteiger partial charge in [0.1, 0.15) is 0 Å². The Morgan fingerprint density at radius 3 is 3.00 bits per heavy atom. The van der Waals surface area contributed by atoms with Gasteiger partial charge in [0.2, 0.25) is 0 Å². The summed E-state index contributed by atoms with van der Waals surface area (Å²) in [6.45, 7) is 4.12. The van der Waals surface area contributed by atoms with Crippen LogP contribution in [0.1, 0.15) is 18.1 Å². The van der Waals surface area contributed by atoms with Crippen molar-refractivity contribution in [1.82, 2.24) is 14.6 Å². The first-order valence-corrected chi connectivity index (χ1v) is 4.10. The van der Waals surface area contributed by atoms with Crippen molar-refractivity contribution in [3.05, 3.63) is 29.7 Å². The molecule has 0 radical (unpaired) electrons. The average molecular weight is 161 g/mol. The van der Waals surface area contributed by atoms with Crippen molar-refractivity contribution in [3.63, 3.8) is 0 Å². The maximum Gasteiger partial charge on any atom is 0.158 e. The van der Waals surface area contributed by atoms with Crippen LogP contribution in [0, 0.1) is 6.92 Å². The summed E-state index contributed by atoms with van der Waals surface area (Å²) in [7, 11) is 0. The maximum atomic E-state index is 4.31. The van der Waals surface area contributed by atoms with Crippen LogP contribution in [-0.2, 0) is 6.42 Å². The molecule has 0 aliphatic rings. The molecule has 0 amide bonds. The van der Waals surface area contributed by atoms with Crippen LogP contribution >= 0.6 is 0 Å². The summed E-state index contributed by atoms with van der Waals surface area (Å²) in [4.78, 5) is 4.31. The summed E-state index contributed by atoms with van der Waals surface area (Å²) in [5.41, 5.74) is 3.31. The third kappa shape index (κ3) is 0.978. The van der Waals surface area contributed by atoms with Crippen molar-refractivity contribution in [1.29, 1.82) is 0 Å². The SMILES string of the molecule is CCc1cnn2cc(C)cnc12. The molecule has 0 aromatic carbocycles. The molecule has 0 N–H and O–H groups in total. The van der Waals surface area contributed by atoms with Gasteiger partial charge in [-0.25, -0.2) is 9.50 Å². The van der Waals surface area contributed by atoms with Gasteiger partial charge < -0.3 is 0 Å². The van der Waals surface area contributed by atoms with Crippen LogP contribution in [-0.4, -0.2) is 14.6 Å². The number of aromatic nitrogens is 3. The quantitative estimate of drug-likeness (QED) is 0.636. The highest BCUT2D eigenvalue weighted by atomic mass is 15.2. The van der Waals surface area contributed by atoms with E-state index in [2.05, 4.69) is 17.0 Å². The largest absolute Gasteiger partial charge is 0.236 e. The van der Waals surface area contributed by atoms with Crippen LogP contribution in [0.4, 0.5) is 0 Å². The molecule has 2 heterocycles. The Morgan fingerprint density at radius 1 is 1.42 bits per heavy atom. The van der Waals surface area contributed by atoms with Crippen molar-refractivity contribution < 1.29 is 0 Å². The minimum Gasteiger partial charge on any atom is -0.236 e. The van der Waals surface area contributed by atoms with Gasteiger partial charge in [-0.15, -0.1) is 0 Å². The molecule has 0 aliphatic heterocycles. The van der Waals surface area contributed by atoms with E-state index in [0.29, 0.717) is 0 Å². The first-order chi connectivity index (χ1) is 5.81. The molecule has 2 aromatic heterocycles. The monoisotopic (exact) mass is 161 g/mol. The minimum atomic E-state index is 0.975. The van der Waals surface area contributed by atoms with Crippen molar-refractivity contribution in [2.45, 2.75) is 20.3 Å². The third-order valence-corrected chi connectivity index (χ3v) is 1.94. The molecule has 0 bridgehead atoms. The third-order valence-electron chi connectivity index (χ3n) is 1.94. The van der Waals surface area contributed by atoms with E-state index in [4.69, 9.17) is 0 Å².